The summed E-state index contributed by atoms with van der Waals surface area (Å²) in [5.74, 6) is -0.490. The van der Waals surface area contributed by atoms with E-state index in [1.807, 2.05) is 39.8 Å². The molecule has 6 nitrogen and oxygen atoms in total. The highest BCUT2D eigenvalue weighted by molar-refractivity contribution is 6.51. The second kappa shape index (κ2) is 8.62. The second-order valence-electron chi connectivity index (χ2n) is 8.56. The lowest BCUT2D eigenvalue weighted by Crippen LogP contribution is -2.29. The Hall–Kier alpha value is -3.80. The number of Topliss-reactive ketones (excluding diaryl/α,β-unsaturated/α-hetero) is 1. The van der Waals surface area contributed by atoms with E-state index < -0.39 is 17.7 Å². The smallest absolute Gasteiger partial charge is 0.300 e. The van der Waals surface area contributed by atoms with Crippen LogP contribution in [0.4, 0.5) is 5.69 Å². The van der Waals surface area contributed by atoms with Crippen molar-refractivity contribution in [2.24, 2.45) is 0 Å². The summed E-state index contributed by atoms with van der Waals surface area (Å²) >= 11 is 0. The number of hydrogen-bond donors (Lipinski definition) is 1. The Bertz CT molecular complexity index is 1250. The summed E-state index contributed by atoms with van der Waals surface area (Å²) in [5, 5.41) is 11.3. The minimum absolute atomic E-state index is 0.00643. The molecule has 1 N–H and O–H groups in total. The third kappa shape index (κ3) is 3.82. The van der Waals surface area contributed by atoms with Crippen molar-refractivity contribution in [1.29, 1.82) is 0 Å². The average molecular weight is 446 g/mol. The van der Waals surface area contributed by atoms with E-state index >= 15 is 0 Å². The van der Waals surface area contributed by atoms with Crippen LogP contribution in [0.1, 0.15) is 53.8 Å². The lowest BCUT2D eigenvalue weighted by Gasteiger charge is -2.24. The summed E-state index contributed by atoms with van der Waals surface area (Å²) in [6, 6.07) is 13.3. The number of ether oxygens (including phenoxy) is 1. The molecule has 0 spiro atoms. The van der Waals surface area contributed by atoms with Crippen molar-refractivity contribution in [2.75, 3.05) is 12.0 Å². The molecule has 1 aliphatic rings. The molecular weight excluding hydrogens is 418 g/mol. The van der Waals surface area contributed by atoms with Gasteiger partial charge in [0.25, 0.3) is 11.7 Å². The fourth-order valence-corrected chi connectivity index (χ4v) is 4.18. The molecule has 4 rings (SSSR count). The first-order valence-electron chi connectivity index (χ1n) is 10.8. The molecule has 0 aliphatic carbocycles. The average Bonchev–Trinajstić information content (AvgIpc) is 3.42. The number of furan rings is 1. The van der Waals surface area contributed by atoms with Crippen molar-refractivity contribution in [2.45, 2.75) is 39.7 Å². The number of carbonyl (C=O) groups is 2. The van der Waals surface area contributed by atoms with Crippen LogP contribution < -0.4 is 9.64 Å². The minimum atomic E-state index is -0.883. The van der Waals surface area contributed by atoms with Crippen LogP contribution in [0.5, 0.6) is 5.75 Å². The minimum Gasteiger partial charge on any atom is -0.507 e. The SMILES string of the molecule is COc1ccc(/C(O)=C2/C(=O)C(=O)N(c3ccc(C)c(C)c3)C2c2ccco2)cc1C(C)C. The number of carbonyl (C=O) groups excluding carboxylic acids is 2. The Labute approximate surface area is 193 Å². The maximum absolute atomic E-state index is 13.2. The lowest BCUT2D eigenvalue weighted by atomic mass is 9.95. The summed E-state index contributed by atoms with van der Waals surface area (Å²) in [5.41, 5.74) is 3.95. The fraction of sp³-hybridized carbons (Fsp3) is 0.259. The van der Waals surface area contributed by atoms with Gasteiger partial charge in [-0.3, -0.25) is 14.5 Å². The van der Waals surface area contributed by atoms with Crippen molar-refractivity contribution in [3.05, 3.63) is 88.4 Å². The molecule has 1 fully saturated rings. The number of methoxy groups -OCH3 is 1. The van der Waals surface area contributed by atoms with E-state index in [-0.39, 0.29) is 17.3 Å². The number of anilines is 1. The second-order valence-corrected chi connectivity index (χ2v) is 8.56. The summed E-state index contributed by atoms with van der Waals surface area (Å²) in [4.78, 5) is 27.8. The standard InChI is InChI=1S/C27H27NO5/c1-15(2)20-14-18(9-11-21(20)32-5)25(29)23-24(22-7-6-12-33-22)28(27(31)26(23)30)19-10-8-16(3)17(4)13-19/h6-15,24,29H,1-5H3/b25-23-. The quantitative estimate of drug-likeness (QED) is 0.312. The first-order chi connectivity index (χ1) is 15.7. The van der Waals surface area contributed by atoms with E-state index in [4.69, 9.17) is 9.15 Å². The molecular formula is C27H27NO5. The van der Waals surface area contributed by atoms with Gasteiger partial charge < -0.3 is 14.3 Å². The van der Waals surface area contributed by atoms with Gasteiger partial charge >= 0.3 is 0 Å². The first-order valence-corrected chi connectivity index (χ1v) is 10.8. The van der Waals surface area contributed by atoms with Crippen molar-refractivity contribution in [3.8, 4) is 5.75 Å². The Balaban J connectivity index is 1.92. The third-order valence-electron chi connectivity index (χ3n) is 6.15. The molecule has 2 heterocycles. The highest BCUT2D eigenvalue weighted by Gasteiger charge is 2.48. The highest BCUT2D eigenvalue weighted by atomic mass is 16.5. The normalized spacial score (nSPS) is 17.8. The molecule has 6 heteroatoms. The zero-order valence-corrected chi connectivity index (χ0v) is 19.4. The summed E-state index contributed by atoms with van der Waals surface area (Å²) in [7, 11) is 1.59. The van der Waals surface area contributed by atoms with Crippen molar-refractivity contribution in [3.63, 3.8) is 0 Å². The molecule has 2 aromatic carbocycles. The van der Waals surface area contributed by atoms with Gasteiger partial charge in [0.05, 0.1) is 18.9 Å². The van der Waals surface area contributed by atoms with E-state index in [1.54, 1.807) is 43.5 Å². The van der Waals surface area contributed by atoms with Gasteiger partial charge in [0, 0.05) is 11.3 Å². The van der Waals surface area contributed by atoms with E-state index in [9.17, 15) is 14.7 Å². The molecule has 1 saturated heterocycles. The molecule has 1 aliphatic heterocycles. The molecule has 33 heavy (non-hydrogen) atoms. The number of benzene rings is 2. The van der Waals surface area contributed by atoms with Crippen LogP contribution in [0, 0.1) is 13.8 Å². The van der Waals surface area contributed by atoms with Gasteiger partial charge in [0.1, 0.15) is 23.3 Å². The van der Waals surface area contributed by atoms with Crippen LogP contribution in [0.25, 0.3) is 5.76 Å². The van der Waals surface area contributed by atoms with E-state index in [0.29, 0.717) is 22.8 Å². The molecule has 1 amide bonds. The van der Waals surface area contributed by atoms with E-state index in [1.165, 1.54) is 11.2 Å². The van der Waals surface area contributed by atoms with Crippen LogP contribution >= 0.6 is 0 Å². The zero-order valence-electron chi connectivity index (χ0n) is 19.4. The molecule has 1 atom stereocenters. The Kier molecular flexibility index (Phi) is 5.85. The monoisotopic (exact) mass is 445 g/mol. The van der Waals surface area contributed by atoms with Crippen molar-refractivity contribution in [1.82, 2.24) is 0 Å². The van der Waals surface area contributed by atoms with Gasteiger partial charge in [0.2, 0.25) is 0 Å². The largest absolute Gasteiger partial charge is 0.507 e. The van der Waals surface area contributed by atoms with Gasteiger partial charge in [-0.05, 0) is 78.9 Å². The lowest BCUT2D eigenvalue weighted by molar-refractivity contribution is -0.132. The number of aryl methyl sites for hydroxylation is 2. The van der Waals surface area contributed by atoms with Gasteiger partial charge in [0.15, 0.2) is 0 Å². The number of amides is 1. The maximum atomic E-state index is 13.2. The van der Waals surface area contributed by atoms with Crippen LogP contribution in [0.3, 0.4) is 0 Å². The predicted molar refractivity (Wildman–Crippen MR) is 126 cm³/mol. The van der Waals surface area contributed by atoms with Gasteiger partial charge in [-0.2, -0.15) is 0 Å². The summed E-state index contributed by atoms with van der Waals surface area (Å²) < 4.78 is 11.1. The Morgan fingerprint density at radius 3 is 2.42 bits per heavy atom. The number of nitrogens with zero attached hydrogens (tertiary/aromatic N) is 1. The number of aliphatic hydroxyl groups is 1. The molecule has 3 aromatic rings. The van der Waals surface area contributed by atoms with Gasteiger partial charge in [-0.15, -0.1) is 0 Å². The van der Waals surface area contributed by atoms with E-state index in [0.717, 1.165) is 16.7 Å². The number of rotatable bonds is 5. The molecule has 1 aromatic heterocycles. The number of ketones is 1. The summed E-state index contributed by atoms with van der Waals surface area (Å²) in [6.45, 7) is 7.96. The van der Waals surface area contributed by atoms with Crippen LogP contribution in [-0.4, -0.2) is 23.9 Å². The molecule has 0 bridgehead atoms. The van der Waals surface area contributed by atoms with Crippen LogP contribution in [0.15, 0.2) is 64.8 Å². The van der Waals surface area contributed by atoms with Crippen molar-refractivity contribution >= 4 is 23.1 Å². The Morgan fingerprint density at radius 2 is 1.82 bits per heavy atom. The zero-order chi connectivity index (χ0) is 23.9. The number of hydrogen-bond acceptors (Lipinski definition) is 5. The first kappa shape index (κ1) is 22.4. The van der Waals surface area contributed by atoms with Gasteiger partial charge in [-0.25, -0.2) is 0 Å². The van der Waals surface area contributed by atoms with Crippen LogP contribution in [-0.2, 0) is 9.59 Å². The highest BCUT2D eigenvalue weighted by Crippen LogP contribution is 2.43. The number of aliphatic hydroxyl groups excluding tert-OH is 1. The molecule has 1 unspecified atom stereocenters. The maximum Gasteiger partial charge on any atom is 0.300 e. The topological polar surface area (TPSA) is 80.0 Å². The predicted octanol–water partition coefficient (Wildman–Crippen LogP) is 5.65. The van der Waals surface area contributed by atoms with Crippen LogP contribution in [0.2, 0.25) is 0 Å². The van der Waals surface area contributed by atoms with E-state index in [2.05, 4.69) is 0 Å². The summed E-state index contributed by atoms with van der Waals surface area (Å²) in [6.07, 6.45) is 1.49. The third-order valence-corrected chi connectivity index (χ3v) is 6.15. The van der Waals surface area contributed by atoms with Crippen molar-refractivity contribution < 1.29 is 23.8 Å². The molecule has 0 radical (unpaired) electrons. The van der Waals surface area contributed by atoms with Gasteiger partial charge in [-0.1, -0.05) is 19.9 Å². The molecule has 170 valence electrons. The Morgan fingerprint density at radius 1 is 1.06 bits per heavy atom. The molecule has 0 saturated carbocycles. The fourth-order valence-electron chi connectivity index (χ4n) is 4.18.